The number of nitrogens with one attached hydrogen (secondary N) is 1. The molecule has 0 bridgehead atoms. The Morgan fingerprint density at radius 2 is 1.94 bits per heavy atom. The predicted octanol–water partition coefficient (Wildman–Crippen LogP) is 3.54. The van der Waals surface area contributed by atoms with Gasteiger partial charge < -0.3 is 10.1 Å². The number of hydrogen-bond donors (Lipinski definition) is 1. The summed E-state index contributed by atoms with van der Waals surface area (Å²) in [4.78, 5) is 42.8. The third-order valence-electron chi connectivity index (χ3n) is 5.06. The lowest BCUT2D eigenvalue weighted by molar-refractivity contribution is -0.137. The van der Waals surface area contributed by atoms with E-state index in [1.54, 1.807) is 17.4 Å². The minimum absolute atomic E-state index is 0.0808. The highest BCUT2D eigenvalue weighted by molar-refractivity contribution is 7.18. The van der Waals surface area contributed by atoms with Crippen LogP contribution in [0.3, 0.4) is 0 Å². The number of nitrogens with zero attached hydrogens (tertiary/aromatic N) is 2. The average Bonchev–Trinajstić information content (AvgIpc) is 3.30. The fraction of sp³-hybridized carbons (Fsp3) is 0.130. The Labute approximate surface area is 182 Å². The predicted molar refractivity (Wildman–Crippen MR) is 118 cm³/mol. The summed E-state index contributed by atoms with van der Waals surface area (Å²) in [5.41, 5.74) is 3.75. The Morgan fingerprint density at radius 1 is 1.19 bits per heavy atom. The van der Waals surface area contributed by atoms with E-state index in [1.807, 2.05) is 37.3 Å². The second-order valence-corrected chi connectivity index (χ2v) is 8.24. The van der Waals surface area contributed by atoms with Crippen molar-refractivity contribution in [3.05, 3.63) is 77.1 Å². The summed E-state index contributed by atoms with van der Waals surface area (Å²) in [6, 6.07) is 11.5. The van der Waals surface area contributed by atoms with Gasteiger partial charge in [-0.3, -0.25) is 14.5 Å². The molecule has 31 heavy (non-hydrogen) atoms. The zero-order valence-corrected chi connectivity index (χ0v) is 17.8. The first-order valence-corrected chi connectivity index (χ1v) is 10.2. The molecule has 0 atom stereocenters. The first-order chi connectivity index (χ1) is 14.8. The standard InChI is InChI=1S/C23H19N3O4S/c1-12(23(29)30-4)24-21(27)13(2)26-11-18-16(6-5-7-17(18)22(26)28)15-8-9-20-19(10-15)25-14(3)31-20/h5-10H,1-2,11H2,3-4H3,(H,24,27). The highest BCUT2D eigenvalue weighted by Gasteiger charge is 2.33. The van der Waals surface area contributed by atoms with Gasteiger partial charge in [-0.1, -0.05) is 31.4 Å². The largest absolute Gasteiger partial charge is 0.464 e. The number of carbonyl (C=O) groups is 3. The molecule has 0 unspecified atom stereocenters. The van der Waals surface area contributed by atoms with Crippen molar-refractivity contribution in [1.29, 1.82) is 0 Å². The second kappa shape index (κ2) is 7.81. The van der Waals surface area contributed by atoms with Crippen LogP contribution in [0.25, 0.3) is 21.3 Å². The number of benzene rings is 2. The van der Waals surface area contributed by atoms with Crippen LogP contribution >= 0.6 is 11.3 Å². The molecule has 4 rings (SSSR count). The molecule has 0 aliphatic carbocycles. The van der Waals surface area contributed by atoms with Gasteiger partial charge in [-0.15, -0.1) is 11.3 Å². The summed E-state index contributed by atoms with van der Waals surface area (Å²) in [5.74, 6) is -1.80. The van der Waals surface area contributed by atoms with Gasteiger partial charge in [-0.25, -0.2) is 9.78 Å². The molecule has 0 radical (unpaired) electrons. The number of esters is 1. The molecule has 1 N–H and O–H groups in total. The molecule has 1 aliphatic rings. The molecular formula is C23H19N3O4S. The monoisotopic (exact) mass is 433 g/mol. The van der Waals surface area contributed by atoms with Crippen LogP contribution in [-0.4, -0.2) is 34.8 Å². The van der Waals surface area contributed by atoms with Crippen molar-refractivity contribution >= 4 is 39.3 Å². The van der Waals surface area contributed by atoms with E-state index < -0.39 is 11.9 Å². The number of rotatable bonds is 5. The van der Waals surface area contributed by atoms with Gasteiger partial charge >= 0.3 is 5.97 Å². The minimum Gasteiger partial charge on any atom is -0.464 e. The van der Waals surface area contributed by atoms with Crippen LogP contribution in [0.1, 0.15) is 20.9 Å². The van der Waals surface area contributed by atoms with Crippen molar-refractivity contribution in [2.45, 2.75) is 13.5 Å². The summed E-state index contributed by atoms with van der Waals surface area (Å²) >= 11 is 1.63. The number of ether oxygens (including phenoxy) is 1. The summed E-state index contributed by atoms with van der Waals surface area (Å²) in [6.45, 7) is 9.36. The maximum absolute atomic E-state index is 13.0. The number of aryl methyl sites for hydroxylation is 1. The summed E-state index contributed by atoms with van der Waals surface area (Å²) < 4.78 is 5.62. The van der Waals surface area contributed by atoms with E-state index in [4.69, 9.17) is 0 Å². The molecule has 7 nitrogen and oxygen atoms in total. The summed E-state index contributed by atoms with van der Waals surface area (Å²) in [7, 11) is 1.18. The zero-order valence-electron chi connectivity index (χ0n) is 17.0. The Bertz CT molecular complexity index is 1290. The molecular weight excluding hydrogens is 414 g/mol. The molecule has 2 aromatic carbocycles. The SMILES string of the molecule is C=C(NC(=O)C(=C)N1Cc2c(cccc2-c2ccc3sc(C)nc3c2)C1=O)C(=O)OC. The van der Waals surface area contributed by atoms with Crippen LogP contribution in [-0.2, 0) is 20.9 Å². The third kappa shape index (κ3) is 3.62. The molecule has 156 valence electrons. The van der Waals surface area contributed by atoms with Gasteiger partial charge in [0.05, 0.1) is 28.9 Å². The number of amides is 2. The van der Waals surface area contributed by atoms with Gasteiger partial charge in [0, 0.05) is 5.56 Å². The number of hydrogen-bond acceptors (Lipinski definition) is 6. The van der Waals surface area contributed by atoms with Crippen LogP contribution in [0, 0.1) is 6.92 Å². The number of methoxy groups -OCH3 is 1. The molecule has 1 aliphatic heterocycles. The molecule has 0 spiro atoms. The molecule has 1 aromatic heterocycles. The lowest BCUT2D eigenvalue weighted by Crippen LogP contribution is -2.36. The maximum atomic E-state index is 13.0. The minimum atomic E-state index is -0.771. The second-order valence-electron chi connectivity index (χ2n) is 7.01. The van der Waals surface area contributed by atoms with Crippen molar-refractivity contribution in [1.82, 2.24) is 15.2 Å². The van der Waals surface area contributed by atoms with E-state index in [0.717, 1.165) is 31.9 Å². The Balaban J connectivity index is 1.63. The fourth-order valence-corrected chi connectivity index (χ4v) is 4.34. The molecule has 8 heteroatoms. The van der Waals surface area contributed by atoms with Crippen molar-refractivity contribution in [2.24, 2.45) is 0 Å². The van der Waals surface area contributed by atoms with Gasteiger partial charge in [0.25, 0.3) is 11.8 Å². The molecule has 2 amide bonds. The van der Waals surface area contributed by atoms with Crippen LogP contribution in [0.2, 0.25) is 0 Å². The quantitative estimate of drug-likeness (QED) is 0.491. The molecule has 0 fully saturated rings. The fourth-order valence-electron chi connectivity index (χ4n) is 3.54. The van der Waals surface area contributed by atoms with E-state index in [2.05, 4.69) is 28.2 Å². The number of aromatic nitrogens is 1. The van der Waals surface area contributed by atoms with Crippen molar-refractivity contribution in [3.8, 4) is 11.1 Å². The van der Waals surface area contributed by atoms with Crippen molar-refractivity contribution in [2.75, 3.05) is 7.11 Å². The molecule has 2 heterocycles. The van der Waals surface area contributed by atoms with E-state index in [1.165, 1.54) is 12.0 Å². The van der Waals surface area contributed by atoms with E-state index >= 15 is 0 Å². The van der Waals surface area contributed by atoms with Crippen LogP contribution in [0.5, 0.6) is 0 Å². The Morgan fingerprint density at radius 3 is 2.68 bits per heavy atom. The third-order valence-corrected chi connectivity index (χ3v) is 6.01. The molecule has 0 saturated carbocycles. The lowest BCUT2D eigenvalue weighted by Gasteiger charge is -2.18. The van der Waals surface area contributed by atoms with E-state index in [9.17, 15) is 14.4 Å². The van der Waals surface area contributed by atoms with Crippen LogP contribution < -0.4 is 5.32 Å². The summed E-state index contributed by atoms with van der Waals surface area (Å²) in [6.07, 6.45) is 0. The van der Waals surface area contributed by atoms with Crippen molar-refractivity contribution in [3.63, 3.8) is 0 Å². The average molecular weight is 433 g/mol. The maximum Gasteiger partial charge on any atom is 0.353 e. The molecule has 3 aromatic rings. The topological polar surface area (TPSA) is 88.6 Å². The number of fused-ring (bicyclic) bond motifs is 2. The smallest absolute Gasteiger partial charge is 0.353 e. The van der Waals surface area contributed by atoms with Crippen LogP contribution in [0.15, 0.2) is 61.0 Å². The first-order valence-electron chi connectivity index (χ1n) is 9.39. The van der Waals surface area contributed by atoms with E-state index in [0.29, 0.717) is 5.56 Å². The van der Waals surface area contributed by atoms with Gasteiger partial charge in [-0.2, -0.15) is 0 Å². The lowest BCUT2D eigenvalue weighted by atomic mass is 9.97. The normalized spacial score (nSPS) is 12.6. The number of thiazole rings is 1. The summed E-state index contributed by atoms with van der Waals surface area (Å²) in [5, 5.41) is 3.30. The molecule has 0 saturated heterocycles. The zero-order chi connectivity index (χ0) is 22.3. The van der Waals surface area contributed by atoms with Crippen LogP contribution in [0.4, 0.5) is 0 Å². The Kier molecular flexibility index (Phi) is 5.16. The highest BCUT2D eigenvalue weighted by atomic mass is 32.1. The highest BCUT2D eigenvalue weighted by Crippen LogP contribution is 2.36. The van der Waals surface area contributed by atoms with E-state index in [-0.39, 0.29) is 23.8 Å². The van der Waals surface area contributed by atoms with Gasteiger partial charge in [-0.05, 0) is 41.8 Å². The van der Waals surface area contributed by atoms with Gasteiger partial charge in [0.1, 0.15) is 11.4 Å². The van der Waals surface area contributed by atoms with Gasteiger partial charge in [0.15, 0.2) is 0 Å². The van der Waals surface area contributed by atoms with Gasteiger partial charge in [0.2, 0.25) is 0 Å². The van der Waals surface area contributed by atoms with Crippen molar-refractivity contribution < 1.29 is 19.1 Å². The number of carbonyl (C=O) groups excluding carboxylic acids is 3. The first kappa shape index (κ1) is 20.5. The Hall–Kier alpha value is -3.78.